The lowest BCUT2D eigenvalue weighted by atomic mass is 9.94. The van der Waals surface area contributed by atoms with Crippen molar-refractivity contribution in [2.75, 3.05) is 19.8 Å². The molecule has 26 nitrogen and oxygen atoms in total. The van der Waals surface area contributed by atoms with E-state index in [0.717, 1.165) is 62.3 Å². The number of nitrogens with one attached hydrogen (secondary N) is 2. The minimum Gasteiger partial charge on any atom is -0.463 e. The summed E-state index contributed by atoms with van der Waals surface area (Å²) in [5.74, 6) is -9.16. The van der Waals surface area contributed by atoms with Gasteiger partial charge in [-0.3, -0.25) is 48.6 Å². The van der Waals surface area contributed by atoms with Crippen LogP contribution in [0.15, 0.2) is 0 Å². The molecule has 0 aromatic carbocycles. The Morgan fingerprint density at radius 2 is 0.824 bits per heavy atom. The van der Waals surface area contributed by atoms with Crippen LogP contribution in [0.3, 0.4) is 0 Å². The Morgan fingerprint density at radius 1 is 0.473 bits per heavy atom. The van der Waals surface area contributed by atoms with E-state index in [-0.39, 0.29) is 0 Å². The fourth-order valence-corrected chi connectivity index (χ4v) is 8.90. The van der Waals surface area contributed by atoms with Crippen LogP contribution in [0.1, 0.15) is 83.1 Å². The largest absolute Gasteiger partial charge is 0.463 e. The molecule has 420 valence electrons. The third kappa shape index (κ3) is 18.7. The van der Waals surface area contributed by atoms with Crippen LogP contribution in [0, 0.1) is 5.41 Å². The van der Waals surface area contributed by atoms with Gasteiger partial charge in [-0.1, -0.05) is 55.6 Å². The van der Waals surface area contributed by atoms with E-state index in [4.69, 9.17) is 111 Å². The highest BCUT2D eigenvalue weighted by molar-refractivity contribution is 6.76. The first-order chi connectivity index (χ1) is 34.0. The van der Waals surface area contributed by atoms with Crippen LogP contribution in [-0.4, -0.2) is 184 Å². The molecular weight excluding hydrogens is 1070 g/mol. The van der Waals surface area contributed by atoms with Gasteiger partial charge in [-0.15, -0.1) is 0 Å². The summed E-state index contributed by atoms with van der Waals surface area (Å²) in [5.41, 5.74) is 0. The minimum atomic E-state index is -3.13. The number of hydrogen-bond acceptors (Lipinski definition) is 25. The molecule has 3 rings (SSSR count). The van der Waals surface area contributed by atoms with Gasteiger partial charge in [-0.2, -0.15) is 0 Å². The van der Waals surface area contributed by atoms with Crippen LogP contribution in [0.25, 0.3) is 0 Å². The van der Waals surface area contributed by atoms with Gasteiger partial charge in [0.1, 0.15) is 62.5 Å². The second kappa shape index (κ2) is 27.0. The lowest BCUT2D eigenvalue weighted by molar-refractivity contribution is -0.362. The van der Waals surface area contributed by atoms with Gasteiger partial charge in [-0.05, 0) is 18.1 Å². The smallest absolute Gasteiger partial charge is 0.303 e. The number of carbonyl (C=O) groups is 9. The zero-order valence-electron chi connectivity index (χ0n) is 43.2. The summed E-state index contributed by atoms with van der Waals surface area (Å²) in [7, 11) is -3.13. The molecule has 74 heavy (non-hydrogen) atoms. The normalized spacial score (nSPS) is 30.3. The van der Waals surface area contributed by atoms with E-state index in [9.17, 15) is 43.2 Å². The molecule has 0 aromatic rings. The third-order valence-electron chi connectivity index (χ3n) is 11.4. The van der Waals surface area contributed by atoms with Gasteiger partial charge < -0.3 is 76.1 Å². The van der Waals surface area contributed by atoms with Gasteiger partial charge in [0.05, 0.1) is 0 Å². The maximum Gasteiger partial charge on any atom is 0.303 e. The maximum atomic E-state index is 13.4. The van der Waals surface area contributed by atoms with Gasteiger partial charge in [-0.25, -0.2) is 0 Å². The molecule has 0 radical (unpaired) electrons. The van der Waals surface area contributed by atoms with Crippen molar-refractivity contribution in [1.29, 1.82) is 5.41 Å². The lowest BCUT2D eigenvalue weighted by Crippen LogP contribution is -2.71. The quantitative estimate of drug-likeness (QED) is 0.0469. The summed E-state index contributed by atoms with van der Waals surface area (Å²) in [5, 5.41) is 10.4. The highest BCUT2D eigenvalue weighted by atomic mass is 35.6. The first-order valence-corrected chi connectivity index (χ1v) is 26.9. The van der Waals surface area contributed by atoms with Crippen LogP contribution in [0.2, 0.25) is 18.1 Å². The van der Waals surface area contributed by atoms with E-state index in [1.54, 1.807) is 0 Å². The lowest BCUT2D eigenvalue weighted by Gasteiger charge is -2.52. The van der Waals surface area contributed by atoms with Crippen molar-refractivity contribution in [3.05, 3.63) is 0 Å². The molecule has 0 unspecified atom stereocenters. The van der Waals surface area contributed by atoms with E-state index in [1.807, 2.05) is 33.9 Å². The zero-order chi connectivity index (χ0) is 56.4. The summed E-state index contributed by atoms with van der Waals surface area (Å²) < 4.78 is 86.8. The number of halogens is 3. The fraction of sp³-hybridized carbons (Fsp3) is 0.773. The molecular formula is C44H65Cl3N2O24Si. The number of esters is 8. The Morgan fingerprint density at radius 3 is 1.22 bits per heavy atom. The molecule has 15 atom stereocenters. The fourth-order valence-electron chi connectivity index (χ4n) is 7.47. The molecule has 0 saturated carbocycles. The molecule has 1 amide bonds. The van der Waals surface area contributed by atoms with Crippen LogP contribution in [-0.2, 0) is 114 Å². The summed E-state index contributed by atoms with van der Waals surface area (Å²) in [4.78, 5) is 114. The number of rotatable bonds is 19. The molecule has 2 N–H and O–H groups in total. The summed E-state index contributed by atoms with van der Waals surface area (Å²) in [6.45, 7) is 16.4. The molecule has 0 spiro atoms. The average molecular weight is 1140 g/mol. The maximum absolute atomic E-state index is 13.4. The molecule has 0 aromatic heterocycles. The van der Waals surface area contributed by atoms with Gasteiger partial charge in [0.2, 0.25) is 18.1 Å². The zero-order valence-corrected chi connectivity index (χ0v) is 46.5. The summed E-state index contributed by atoms with van der Waals surface area (Å²) in [6, 6.07) is -1.75. The molecule has 3 aliphatic heterocycles. The second-order valence-electron chi connectivity index (χ2n) is 18.6. The van der Waals surface area contributed by atoms with E-state index < -0.39 is 189 Å². The Bertz CT molecular complexity index is 2070. The van der Waals surface area contributed by atoms with Crippen LogP contribution < -0.4 is 5.32 Å². The number of amides is 1. The van der Waals surface area contributed by atoms with Crippen LogP contribution >= 0.6 is 34.8 Å². The standard InChI is InChI=1S/C44H65Cl3N2O24Si/c1-18(50)49-30-34(71-40-37(65-25(8)57)35(64-24(7)56)32(63-23(6)55)28(68-40)16-60-20(3)52)31(62-22(5)54)27(15-59-19(2)51)67-39(30)70-33-29(17-61-21(4)53)69-41(72-42(48)44(45,46)47)38(66-26(9)58)36(33)73-74(13,14)43(10,11)12/h27-41,48H,15-17H2,1-14H3,(H,49,50)/t27-,28-,29-,30-,31+,32+,33+,34-,35+,36+,37-,38-,39+,40+,41+/m1/s1. The van der Waals surface area contributed by atoms with Gasteiger partial charge in [0.25, 0.3) is 3.79 Å². The predicted molar refractivity (Wildman–Crippen MR) is 252 cm³/mol. The first-order valence-electron chi connectivity index (χ1n) is 22.8. The highest BCUT2D eigenvalue weighted by Gasteiger charge is 2.60. The van der Waals surface area contributed by atoms with Crippen molar-refractivity contribution >= 4 is 103 Å². The first kappa shape index (κ1) is 63.8. The van der Waals surface area contributed by atoms with E-state index in [0.29, 0.717) is 0 Å². The monoisotopic (exact) mass is 1140 g/mol. The molecule has 3 aliphatic rings. The summed E-state index contributed by atoms with van der Waals surface area (Å²) >= 11 is 18.0. The van der Waals surface area contributed by atoms with Crippen LogP contribution in [0.4, 0.5) is 0 Å². The second-order valence-corrected chi connectivity index (χ2v) is 25.7. The van der Waals surface area contributed by atoms with Crippen molar-refractivity contribution in [3.63, 3.8) is 0 Å². The van der Waals surface area contributed by atoms with E-state index in [2.05, 4.69) is 5.32 Å². The average Bonchev–Trinajstić information content (AvgIpc) is 3.22. The SMILES string of the molecule is CC(=O)N[C@H]1[C@H](O[C@@H]2[C@H](O[Si](C)(C)C(C)(C)C)[C@@H](OC(C)=O)[C@H](OC(=N)C(Cl)(Cl)Cl)O[C@@H]2COC(C)=O)O[C@H](COC(C)=O)[C@H](OC(C)=O)[C@@H]1O[C@@H]1O[C@H](COC(C)=O)[C@H](OC(C)=O)[C@H](OC(C)=O)[C@H]1OC(C)=O. The van der Waals surface area contributed by atoms with E-state index >= 15 is 0 Å². The number of hydrogen-bond donors (Lipinski definition) is 2. The van der Waals surface area contributed by atoms with Crippen LogP contribution in [0.5, 0.6) is 0 Å². The molecule has 3 saturated heterocycles. The van der Waals surface area contributed by atoms with Gasteiger partial charge >= 0.3 is 47.8 Å². The van der Waals surface area contributed by atoms with Crippen molar-refractivity contribution < 1.29 is 114 Å². The predicted octanol–water partition coefficient (Wildman–Crippen LogP) is 2.54. The number of ether oxygens (including phenoxy) is 14. The van der Waals surface area contributed by atoms with Crippen molar-refractivity contribution in [2.24, 2.45) is 0 Å². The Kier molecular flexibility index (Phi) is 23.3. The minimum absolute atomic E-state index is 0.613. The summed E-state index contributed by atoms with van der Waals surface area (Å²) in [6.07, 6.45) is -24.4. The van der Waals surface area contributed by atoms with Crippen molar-refractivity contribution in [3.8, 4) is 0 Å². The Hall–Kier alpha value is -4.45. The van der Waals surface area contributed by atoms with E-state index in [1.165, 1.54) is 0 Å². The number of carbonyl (C=O) groups excluding carboxylic acids is 9. The van der Waals surface area contributed by atoms with Gasteiger partial charge in [0.15, 0.2) is 51.4 Å². The molecule has 30 heteroatoms. The Labute approximate surface area is 442 Å². The molecule has 3 fully saturated rings. The topological polar surface area (TPSA) is 328 Å². The molecule has 3 heterocycles. The molecule has 0 bridgehead atoms. The van der Waals surface area contributed by atoms with Gasteiger partial charge in [0, 0.05) is 62.3 Å². The molecule has 0 aliphatic carbocycles. The third-order valence-corrected chi connectivity index (χ3v) is 16.4. The van der Waals surface area contributed by atoms with Crippen molar-refractivity contribution in [1.82, 2.24) is 5.32 Å². The number of alkyl halides is 3. The Balaban J connectivity index is 2.46. The highest BCUT2D eigenvalue weighted by Crippen LogP contribution is 2.43. The van der Waals surface area contributed by atoms with Crippen molar-refractivity contribution in [2.45, 2.75) is 197 Å².